The Morgan fingerprint density at radius 1 is 1.55 bits per heavy atom. The van der Waals surface area contributed by atoms with Crippen molar-refractivity contribution < 1.29 is 4.92 Å². The maximum Gasteiger partial charge on any atom is 0.312 e. The highest BCUT2D eigenvalue weighted by Gasteiger charge is 2.27. The van der Waals surface area contributed by atoms with Gasteiger partial charge in [-0.15, -0.1) is 0 Å². The minimum absolute atomic E-state index is 0.130. The van der Waals surface area contributed by atoms with E-state index >= 15 is 0 Å². The van der Waals surface area contributed by atoms with Crippen molar-refractivity contribution in [2.24, 2.45) is 0 Å². The van der Waals surface area contributed by atoms with E-state index in [1.807, 2.05) is 6.07 Å². The number of anilines is 1. The monoisotopic (exact) mass is 292 g/mol. The van der Waals surface area contributed by atoms with E-state index in [0.717, 1.165) is 19.3 Å². The second-order valence-electron chi connectivity index (χ2n) is 4.77. The number of nitro groups is 1. The summed E-state index contributed by atoms with van der Waals surface area (Å²) in [4.78, 5) is 14.6. The fourth-order valence-electron chi connectivity index (χ4n) is 2.48. The van der Waals surface area contributed by atoms with Gasteiger partial charge in [0.05, 0.1) is 10.5 Å². The van der Waals surface area contributed by atoms with E-state index in [9.17, 15) is 10.1 Å². The van der Waals surface area contributed by atoms with Crippen LogP contribution in [0.15, 0.2) is 12.3 Å². The number of rotatable bonds is 4. The van der Waals surface area contributed by atoms with Crippen molar-refractivity contribution in [3.05, 3.63) is 27.9 Å². The van der Waals surface area contributed by atoms with Crippen LogP contribution in [0.3, 0.4) is 0 Å². The minimum atomic E-state index is -0.493. The molecule has 0 aliphatic heterocycles. The van der Waals surface area contributed by atoms with Crippen molar-refractivity contribution in [3.8, 4) is 6.07 Å². The van der Waals surface area contributed by atoms with E-state index < -0.39 is 4.92 Å². The molecule has 0 aromatic carbocycles. The minimum Gasteiger partial charge on any atom is -0.360 e. The standard InChI is InChI=1S/C13H16N4O2S/c1-20-12-5-3-2-4-10(12)16-13-11(17(18)19)6-9(7-14)8-15-13/h6,8,10,12H,2-5H2,1H3,(H,15,16). The van der Waals surface area contributed by atoms with E-state index in [-0.39, 0.29) is 23.1 Å². The van der Waals surface area contributed by atoms with Crippen LogP contribution in [0.2, 0.25) is 0 Å². The van der Waals surface area contributed by atoms with Crippen molar-refractivity contribution in [1.82, 2.24) is 4.98 Å². The SMILES string of the molecule is CSC1CCCCC1Nc1ncc(C#N)cc1[N+](=O)[O-]. The molecule has 1 N–H and O–H groups in total. The smallest absolute Gasteiger partial charge is 0.312 e. The lowest BCUT2D eigenvalue weighted by molar-refractivity contribution is -0.384. The Kier molecular flexibility index (Phi) is 4.79. The van der Waals surface area contributed by atoms with E-state index in [4.69, 9.17) is 5.26 Å². The first-order chi connectivity index (χ1) is 9.65. The van der Waals surface area contributed by atoms with E-state index in [0.29, 0.717) is 5.25 Å². The van der Waals surface area contributed by atoms with Gasteiger partial charge in [-0.2, -0.15) is 17.0 Å². The summed E-state index contributed by atoms with van der Waals surface area (Å²) in [6.45, 7) is 0. The Morgan fingerprint density at radius 3 is 2.95 bits per heavy atom. The van der Waals surface area contributed by atoms with Gasteiger partial charge in [0.25, 0.3) is 0 Å². The highest BCUT2D eigenvalue weighted by atomic mass is 32.2. The van der Waals surface area contributed by atoms with Crippen molar-refractivity contribution >= 4 is 23.3 Å². The summed E-state index contributed by atoms with van der Waals surface area (Å²) in [5, 5.41) is 23.5. The molecule has 0 bridgehead atoms. The molecular weight excluding hydrogens is 276 g/mol. The molecule has 20 heavy (non-hydrogen) atoms. The third-order valence-corrected chi connectivity index (χ3v) is 4.69. The summed E-state index contributed by atoms with van der Waals surface area (Å²) in [5.41, 5.74) is 0.0711. The van der Waals surface area contributed by atoms with Gasteiger partial charge in [0.1, 0.15) is 6.07 Å². The van der Waals surface area contributed by atoms with Gasteiger partial charge in [-0.05, 0) is 19.1 Å². The van der Waals surface area contributed by atoms with Gasteiger partial charge >= 0.3 is 5.69 Å². The summed E-state index contributed by atoms with van der Waals surface area (Å²) in [5.74, 6) is 0.264. The lowest BCUT2D eigenvalue weighted by Crippen LogP contribution is -2.34. The zero-order chi connectivity index (χ0) is 14.5. The second kappa shape index (κ2) is 6.57. The molecule has 1 aromatic rings. The van der Waals surface area contributed by atoms with Gasteiger partial charge < -0.3 is 5.32 Å². The second-order valence-corrected chi connectivity index (χ2v) is 5.85. The maximum absolute atomic E-state index is 11.1. The van der Waals surface area contributed by atoms with Crippen molar-refractivity contribution in [2.75, 3.05) is 11.6 Å². The molecule has 0 spiro atoms. The van der Waals surface area contributed by atoms with Crippen LogP contribution in [-0.2, 0) is 0 Å². The third kappa shape index (κ3) is 3.20. The topological polar surface area (TPSA) is 91.8 Å². The molecule has 1 aromatic heterocycles. The fourth-order valence-corrected chi connectivity index (χ4v) is 3.42. The number of hydrogen-bond donors (Lipinski definition) is 1. The molecule has 1 saturated carbocycles. The maximum atomic E-state index is 11.1. The zero-order valence-electron chi connectivity index (χ0n) is 11.2. The van der Waals surface area contributed by atoms with Crippen molar-refractivity contribution in [1.29, 1.82) is 5.26 Å². The summed E-state index contributed by atoms with van der Waals surface area (Å²) in [7, 11) is 0. The molecule has 2 unspecified atom stereocenters. The summed E-state index contributed by atoms with van der Waals surface area (Å²) in [6, 6.07) is 3.34. The number of aromatic nitrogens is 1. The Morgan fingerprint density at radius 2 is 2.30 bits per heavy atom. The van der Waals surface area contributed by atoms with Gasteiger partial charge in [0, 0.05) is 23.6 Å². The van der Waals surface area contributed by atoms with Gasteiger partial charge in [-0.25, -0.2) is 4.98 Å². The number of hydrogen-bond acceptors (Lipinski definition) is 6. The predicted molar refractivity (Wildman–Crippen MR) is 78.8 cm³/mol. The van der Waals surface area contributed by atoms with Crippen LogP contribution in [0, 0.1) is 21.4 Å². The summed E-state index contributed by atoms with van der Waals surface area (Å²) in [6.07, 6.45) is 7.86. The Labute approximate surface area is 121 Å². The largest absolute Gasteiger partial charge is 0.360 e. The molecule has 1 aliphatic rings. The zero-order valence-corrected chi connectivity index (χ0v) is 12.0. The van der Waals surface area contributed by atoms with E-state index in [2.05, 4.69) is 16.6 Å². The average Bonchev–Trinajstić information content (AvgIpc) is 2.48. The van der Waals surface area contributed by atoms with Crippen LogP contribution in [0.4, 0.5) is 11.5 Å². The first-order valence-corrected chi connectivity index (χ1v) is 7.78. The lowest BCUT2D eigenvalue weighted by Gasteiger charge is -2.31. The van der Waals surface area contributed by atoms with E-state index in [1.165, 1.54) is 18.7 Å². The van der Waals surface area contributed by atoms with Crippen LogP contribution in [0.1, 0.15) is 31.2 Å². The molecule has 106 valence electrons. The van der Waals surface area contributed by atoms with Gasteiger partial charge in [-0.3, -0.25) is 10.1 Å². The highest BCUT2D eigenvalue weighted by molar-refractivity contribution is 7.99. The van der Waals surface area contributed by atoms with Crippen molar-refractivity contribution in [3.63, 3.8) is 0 Å². The predicted octanol–water partition coefficient (Wildman–Crippen LogP) is 2.95. The molecule has 7 heteroatoms. The number of nitrogens with zero attached hydrogens (tertiary/aromatic N) is 3. The molecule has 0 amide bonds. The Hall–Kier alpha value is -1.81. The first-order valence-electron chi connectivity index (χ1n) is 6.49. The molecule has 0 radical (unpaired) electrons. The molecule has 2 rings (SSSR count). The molecule has 1 aliphatic carbocycles. The quantitative estimate of drug-likeness (QED) is 0.677. The van der Waals surface area contributed by atoms with Gasteiger partial charge in [0.15, 0.2) is 0 Å². The van der Waals surface area contributed by atoms with Crippen LogP contribution >= 0.6 is 11.8 Å². The molecule has 1 heterocycles. The van der Waals surface area contributed by atoms with E-state index in [1.54, 1.807) is 11.8 Å². The Balaban J connectivity index is 2.24. The highest BCUT2D eigenvalue weighted by Crippen LogP contribution is 2.31. The van der Waals surface area contributed by atoms with Crippen LogP contribution in [-0.4, -0.2) is 27.5 Å². The Bertz CT molecular complexity index is 544. The molecular formula is C13H16N4O2S. The van der Waals surface area contributed by atoms with Crippen molar-refractivity contribution in [2.45, 2.75) is 37.0 Å². The third-order valence-electron chi connectivity index (χ3n) is 3.52. The molecule has 6 nitrogen and oxygen atoms in total. The van der Waals surface area contributed by atoms with Crippen LogP contribution in [0.25, 0.3) is 0 Å². The number of nitriles is 1. The summed E-state index contributed by atoms with van der Waals surface area (Å²) < 4.78 is 0. The average molecular weight is 292 g/mol. The number of nitrogens with one attached hydrogen (secondary N) is 1. The lowest BCUT2D eigenvalue weighted by atomic mass is 9.95. The normalized spacial score (nSPS) is 22.0. The summed E-state index contributed by atoms with van der Waals surface area (Å²) >= 11 is 1.78. The fraction of sp³-hybridized carbons (Fsp3) is 0.538. The molecule has 2 atom stereocenters. The number of pyridine rings is 1. The van der Waals surface area contributed by atoms with Gasteiger partial charge in [-0.1, -0.05) is 12.8 Å². The number of thioether (sulfide) groups is 1. The first kappa shape index (κ1) is 14.6. The van der Waals surface area contributed by atoms with Crippen LogP contribution in [0.5, 0.6) is 0 Å². The molecule has 0 saturated heterocycles. The van der Waals surface area contributed by atoms with Gasteiger partial charge in [0.2, 0.25) is 5.82 Å². The van der Waals surface area contributed by atoms with Crippen LogP contribution < -0.4 is 5.32 Å². The molecule has 1 fully saturated rings.